The van der Waals surface area contributed by atoms with E-state index in [1.54, 1.807) is 17.0 Å². The molecule has 122 valence electrons. The number of likely N-dealkylation sites (N-methyl/N-ethyl adjacent to an activating group) is 1. The lowest BCUT2D eigenvalue weighted by Gasteiger charge is -2.22. The molecule has 2 rings (SSSR count). The number of carbonyl (C=O) groups is 1. The lowest BCUT2D eigenvalue weighted by molar-refractivity contribution is 0.0763. The molecule has 0 heterocycles. The van der Waals surface area contributed by atoms with Crippen molar-refractivity contribution in [3.63, 3.8) is 0 Å². The third-order valence-electron chi connectivity index (χ3n) is 3.73. The van der Waals surface area contributed by atoms with Crippen LogP contribution in [0.3, 0.4) is 0 Å². The third kappa shape index (κ3) is 4.17. The second kappa shape index (κ2) is 7.88. The molecular formula is C18H21ClN2O2. The summed E-state index contributed by atoms with van der Waals surface area (Å²) in [5.41, 5.74) is 7.79. The van der Waals surface area contributed by atoms with Crippen molar-refractivity contribution in [1.82, 2.24) is 4.90 Å². The minimum Gasteiger partial charge on any atom is -0.496 e. The average Bonchev–Trinajstić information content (AvgIpc) is 2.58. The first-order chi connectivity index (χ1) is 11.1. The van der Waals surface area contributed by atoms with E-state index in [9.17, 15) is 4.79 Å². The molecule has 0 spiro atoms. The van der Waals surface area contributed by atoms with Crippen molar-refractivity contribution >= 4 is 23.2 Å². The van der Waals surface area contributed by atoms with Gasteiger partial charge in [0.25, 0.3) is 5.91 Å². The molecule has 5 heteroatoms. The van der Waals surface area contributed by atoms with Gasteiger partial charge in [0.2, 0.25) is 0 Å². The molecule has 0 bridgehead atoms. The lowest BCUT2D eigenvalue weighted by atomic mass is 10.1. The Bertz CT molecular complexity index is 674. The summed E-state index contributed by atoms with van der Waals surface area (Å²) < 4.78 is 5.27. The van der Waals surface area contributed by atoms with Gasteiger partial charge in [-0.1, -0.05) is 41.9 Å². The van der Waals surface area contributed by atoms with E-state index < -0.39 is 0 Å². The maximum Gasteiger partial charge on any atom is 0.257 e. The highest BCUT2D eigenvalue weighted by atomic mass is 35.5. The van der Waals surface area contributed by atoms with Gasteiger partial charge in [-0.05, 0) is 25.0 Å². The SMILES string of the molecule is CCN(CCc1ccccc1)C(=O)c1cc(Cl)c(N)cc1OC. The number of methoxy groups -OCH3 is 1. The summed E-state index contributed by atoms with van der Waals surface area (Å²) in [6.07, 6.45) is 0.797. The summed E-state index contributed by atoms with van der Waals surface area (Å²) >= 11 is 6.06. The molecule has 2 aromatic rings. The number of nitrogen functional groups attached to an aromatic ring is 1. The van der Waals surface area contributed by atoms with E-state index in [0.29, 0.717) is 35.1 Å². The van der Waals surface area contributed by atoms with Crippen LogP contribution in [0.25, 0.3) is 0 Å². The molecule has 0 saturated carbocycles. The second-order valence-corrected chi connectivity index (χ2v) is 5.60. The number of rotatable bonds is 6. The van der Waals surface area contributed by atoms with Gasteiger partial charge < -0.3 is 15.4 Å². The largest absolute Gasteiger partial charge is 0.496 e. The molecule has 1 amide bonds. The highest BCUT2D eigenvalue weighted by molar-refractivity contribution is 6.33. The fourth-order valence-electron chi connectivity index (χ4n) is 2.39. The van der Waals surface area contributed by atoms with E-state index >= 15 is 0 Å². The number of benzene rings is 2. The zero-order chi connectivity index (χ0) is 16.8. The molecule has 2 aromatic carbocycles. The molecule has 0 aliphatic rings. The van der Waals surface area contributed by atoms with Crippen molar-refractivity contribution in [1.29, 1.82) is 0 Å². The van der Waals surface area contributed by atoms with E-state index in [1.807, 2.05) is 25.1 Å². The van der Waals surface area contributed by atoms with Gasteiger partial charge in [-0.3, -0.25) is 4.79 Å². The van der Waals surface area contributed by atoms with E-state index in [2.05, 4.69) is 12.1 Å². The van der Waals surface area contributed by atoms with Crippen molar-refractivity contribution in [3.8, 4) is 5.75 Å². The van der Waals surface area contributed by atoms with E-state index in [0.717, 1.165) is 6.42 Å². The van der Waals surface area contributed by atoms with Gasteiger partial charge in [0.05, 0.1) is 23.4 Å². The second-order valence-electron chi connectivity index (χ2n) is 5.19. The lowest BCUT2D eigenvalue weighted by Crippen LogP contribution is -2.33. The summed E-state index contributed by atoms with van der Waals surface area (Å²) in [5, 5.41) is 0.355. The summed E-state index contributed by atoms with van der Waals surface area (Å²) in [7, 11) is 1.51. The fraction of sp³-hybridized carbons (Fsp3) is 0.278. The minimum atomic E-state index is -0.109. The molecule has 4 nitrogen and oxygen atoms in total. The zero-order valence-corrected chi connectivity index (χ0v) is 14.1. The Morgan fingerprint density at radius 2 is 1.96 bits per heavy atom. The predicted octanol–water partition coefficient (Wildman–Crippen LogP) is 3.64. The fourth-order valence-corrected chi connectivity index (χ4v) is 2.55. The number of amides is 1. The van der Waals surface area contributed by atoms with Crippen LogP contribution in [0.2, 0.25) is 5.02 Å². The van der Waals surface area contributed by atoms with Crippen molar-refractivity contribution in [2.75, 3.05) is 25.9 Å². The number of carbonyl (C=O) groups excluding carboxylic acids is 1. The molecule has 0 unspecified atom stereocenters. The van der Waals surface area contributed by atoms with Gasteiger partial charge in [0.15, 0.2) is 0 Å². The number of anilines is 1. The summed E-state index contributed by atoms with van der Waals surface area (Å²) in [6.45, 7) is 3.19. The van der Waals surface area contributed by atoms with Crippen LogP contribution in [0.5, 0.6) is 5.75 Å². The molecule has 0 radical (unpaired) electrons. The van der Waals surface area contributed by atoms with Crippen LogP contribution in [0.4, 0.5) is 5.69 Å². The highest BCUT2D eigenvalue weighted by Crippen LogP contribution is 2.29. The van der Waals surface area contributed by atoms with Gasteiger partial charge in [-0.25, -0.2) is 0 Å². The molecule has 23 heavy (non-hydrogen) atoms. The van der Waals surface area contributed by atoms with Crippen molar-refractivity contribution in [2.45, 2.75) is 13.3 Å². The first-order valence-corrected chi connectivity index (χ1v) is 7.90. The van der Waals surface area contributed by atoms with Crippen LogP contribution >= 0.6 is 11.6 Å². The Hall–Kier alpha value is -2.20. The van der Waals surface area contributed by atoms with Gasteiger partial charge in [0.1, 0.15) is 5.75 Å². The first kappa shape index (κ1) is 17.2. The Kier molecular flexibility index (Phi) is 5.88. The third-order valence-corrected chi connectivity index (χ3v) is 4.06. The number of hydrogen-bond acceptors (Lipinski definition) is 3. The Labute approximate surface area is 141 Å². The van der Waals surface area contributed by atoms with Gasteiger partial charge in [0, 0.05) is 19.2 Å². The van der Waals surface area contributed by atoms with E-state index in [4.69, 9.17) is 22.1 Å². The van der Waals surface area contributed by atoms with Crippen molar-refractivity contribution < 1.29 is 9.53 Å². The standard InChI is InChI=1S/C18H21ClN2O2/c1-3-21(10-9-13-7-5-4-6-8-13)18(22)14-11-15(19)16(20)12-17(14)23-2/h4-8,11-12H,3,9-10,20H2,1-2H3. The van der Waals surface area contributed by atoms with E-state index in [1.165, 1.54) is 12.7 Å². The van der Waals surface area contributed by atoms with E-state index in [-0.39, 0.29) is 5.91 Å². The van der Waals surface area contributed by atoms with Gasteiger partial charge in [-0.2, -0.15) is 0 Å². The number of nitrogens with zero attached hydrogens (tertiary/aromatic N) is 1. The van der Waals surface area contributed by atoms with Crippen molar-refractivity contribution in [2.24, 2.45) is 0 Å². The molecular weight excluding hydrogens is 312 g/mol. The normalized spacial score (nSPS) is 10.4. The minimum absolute atomic E-state index is 0.109. The molecule has 2 N–H and O–H groups in total. The Morgan fingerprint density at radius 3 is 2.57 bits per heavy atom. The van der Waals surface area contributed by atoms with Crippen LogP contribution in [-0.4, -0.2) is 31.0 Å². The number of hydrogen-bond donors (Lipinski definition) is 1. The first-order valence-electron chi connectivity index (χ1n) is 7.53. The topological polar surface area (TPSA) is 55.6 Å². The summed E-state index contributed by atoms with van der Waals surface area (Å²) in [5.74, 6) is 0.331. The molecule has 0 atom stereocenters. The molecule has 0 saturated heterocycles. The summed E-state index contributed by atoms with van der Waals surface area (Å²) in [4.78, 5) is 14.6. The van der Waals surface area contributed by atoms with Crippen LogP contribution in [0, 0.1) is 0 Å². The van der Waals surface area contributed by atoms with Crippen LogP contribution in [0.15, 0.2) is 42.5 Å². The zero-order valence-electron chi connectivity index (χ0n) is 13.4. The summed E-state index contributed by atoms with van der Waals surface area (Å²) in [6, 6.07) is 13.2. The maximum atomic E-state index is 12.8. The van der Waals surface area contributed by atoms with Crippen LogP contribution in [-0.2, 0) is 6.42 Å². The quantitative estimate of drug-likeness (QED) is 0.822. The molecule has 0 aliphatic heterocycles. The Balaban J connectivity index is 2.18. The van der Waals surface area contributed by atoms with Gasteiger partial charge in [-0.15, -0.1) is 0 Å². The smallest absolute Gasteiger partial charge is 0.257 e. The molecule has 0 fully saturated rings. The van der Waals surface area contributed by atoms with Crippen molar-refractivity contribution in [3.05, 3.63) is 58.6 Å². The van der Waals surface area contributed by atoms with Crippen LogP contribution < -0.4 is 10.5 Å². The Morgan fingerprint density at radius 1 is 1.26 bits per heavy atom. The number of halogens is 1. The average molecular weight is 333 g/mol. The molecule has 0 aliphatic carbocycles. The highest BCUT2D eigenvalue weighted by Gasteiger charge is 2.20. The van der Waals surface area contributed by atoms with Crippen LogP contribution in [0.1, 0.15) is 22.8 Å². The number of ether oxygens (including phenoxy) is 1. The molecule has 0 aromatic heterocycles. The van der Waals surface area contributed by atoms with Gasteiger partial charge >= 0.3 is 0 Å². The predicted molar refractivity (Wildman–Crippen MR) is 94.1 cm³/mol. The number of nitrogens with two attached hydrogens (primary N) is 1. The monoisotopic (exact) mass is 332 g/mol. The maximum absolute atomic E-state index is 12.8.